The minimum Gasteiger partial charge on any atom is -0.454 e. The van der Waals surface area contributed by atoms with E-state index in [0.29, 0.717) is 22.3 Å². The summed E-state index contributed by atoms with van der Waals surface area (Å²) in [4.78, 5) is 25.7. The Morgan fingerprint density at radius 2 is 2.00 bits per heavy atom. The number of fused-ring (bicyclic) bond motifs is 1. The van der Waals surface area contributed by atoms with Gasteiger partial charge in [-0.05, 0) is 37.5 Å². The quantitative estimate of drug-likeness (QED) is 0.209. The number of benzene rings is 1. The van der Waals surface area contributed by atoms with E-state index in [2.05, 4.69) is 12.6 Å². The first-order valence-corrected chi connectivity index (χ1v) is 8.56. The zero-order chi connectivity index (χ0) is 18.2. The Kier molecular flexibility index (Phi) is 5.02. The van der Waals surface area contributed by atoms with Crippen molar-refractivity contribution in [3.8, 4) is 0 Å². The van der Waals surface area contributed by atoms with Crippen molar-refractivity contribution in [1.29, 1.82) is 0 Å². The second kappa shape index (κ2) is 6.92. The molecule has 1 aliphatic heterocycles. The molecule has 0 fully saturated rings. The first-order valence-electron chi connectivity index (χ1n) is 7.93. The molecule has 134 valence electrons. The number of ether oxygens (including phenoxy) is 3. The number of aliphatic hydroxyl groups excluding tert-OH is 1. The molecule has 0 amide bonds. The van der Waals surface area contributed by atoms with Gasteiger partial charge in [-0.25, -0.2) is 0 Å². The summed E-state index contributed by atoms with van der Waals surface area (Å²) in [5.41, 5.74) is 0.948. The van der Waals surface area contributed by atoms with Crippen molar-refractivity contribution in [2.45, 2.75) is 32.3 Å². The van der Waals surface area contributed by atoms with Gasteiger partial charge in [0.15, 0.2) is 18.4 Å². The topological polar surface area (TPSA) is 82.1 Å². The van der Waals surface area contributed by atoms with E-state index in [4.69, 9.17) is 14.2 Å². The zero-order valence-electron chi connectivity index (χ0n) is 14.0. The summed E-state index contributed by atoms with van der Waals surface area (Å²) in [5.74, 6) is -0.986. The van der Waals surface area contributed by atoms with Crippen LogP contribution in [0.2, 0.25) is 0 Å². The minimum atomic E-state index is -1.27. The maximum atomic E-state index is 13.2. The fourth-order valence-electron chi connectivity index (χ4n) is 3.41. The van der Waals surface area contributed by atoms with Crippen LogP contribution in [0.5, 0.6) is 0 Å². The fourth-order valence-corrected chi connectivity index (χ4v) is 3.52. The van der Waals surface area contributed by atoms with Crippen LogP contribution in [0.3, 0.4) is 0 Å². The lowest BCUT2D eigenvalue weighted by Gasteiger charge is -2.26. The molecule has 0 saturated carbocycles. The summed E-state index contributed by atoms with van der Waals surface area (Å²) in [6.45, 7) is 1.78. The second-order valence-electron chi connectivity index (χ2n) is 6.20. The molecule has 3 rings (SSSR count). The molecule has 2 atom stereocenters. The summed E-state index contributed by atoms with van der Waals surface area (Å²) in [5, 5.41) is 10.1. The SMILES string of the molecule is COC1OC(O)c2cc(C(=O)C3(C(=O)OCS)CC=CC3)c(C)cc21. The van der Waals surface area contributed by atoms with Crippen molar-refractivity contribution >= 4 is 24.4 Å². The van der Waals surface area contributed by atoms with Crippen molar-refractivity contribution < 1.29 is 28.9 Å². The number of thiol groups is 1. The highest BCUT2D eigenvalue weighted by molar-refractivity contribution is 7.80. The van der Waals surface area contributed by atoms with Gasteiger partial charge in [-0.3, -0.25) is 9.59 Å². The Morgan fingerprint density at radius 1 is 1.32 bits per heavy atom. The number of carbonyl (C=O) groups excluding carboxylic acids is 2. The Bertz CT molecular complexity index is 733. The van der Waals surface area contributed by atoms with Gasteiger partial charge in [0.25, 0.3) is 0 Å². The lowest BCUT2D eigenvalue weighted by molar-refractivity contribution is -0.206. The number of ketones is 1. The summed E-state index contributed by atoms with van der Waals surface area (Å²) in [6.07, 6.45) is 2.33. The van der Waals surface area contributed by atoms with Gasteiger partial charge >= 0.3 is 5.97 Å². The van der Waals surface area contributed by atoms with Crippen molar-refractivity contribution in [3.05, 3.63) is 46.5 Å². The molecule has 1 aromatic rings. The summed E-state index contributed by atoms with van der Waals surface area (Å²) in [7, 11) is 1.48. The van der Waals surface area contributed by atoms with E-state index >= 15 is 0 Å². The van der Waals surface area contributed by atoms with Crippen LogP contribution in [0.1, 0.15) is 52.5 Å². The lowest BCUT2D eigenvalue weighted by atomic mass is 9.76. The van der Waals surface area contributed by atoms with Gasteiger partial charge in [-0.2, -0.15) is 0 Å². The van der Waals surface area contributed by atoms with Gasteiger partial charge in [0, 0.05) is 23.8 Å². The molecular weight excluding hydrogens is 344 g/mol. The summed E-state index contributed by atoms with van der Waals surface area (Å²) >= 11 is 3.91. The number of rotatable bonds is 5. The second-order valence-corrected chi connectivity index (χ2v) is 6.46. The molecule has 0 bridgehead atoms. The molecule has 0 spiro atoms. The van der Waals surface area contributed by atoms with Crippen LogP contribution in [-0.2, 0) is 19.0 Å². The number of hydrogen-bond acceptors (Lipinski definition) is 7. The average Bonchev–Trinajstić information content (AvgIpc) is 3.20. The number of aliphatic hydroxyl groups is 1. The van der Waals surface area contributed by atoms with Gasteiger partial charge in [0.05, 0.1) is 0 Å². The van der Waals surface area contributed by atoms with E-state index < -0.39 is 24.0 Å². The molecule has 0 saturated heterocycles. The monoisotopic (exact) mass is 364 g/mol. The predicted octanol–water partition coefficient (Wildman–Crippen LogP) is 2.61. The molecule has 2 unspecified atom stereocenters. The Morgan fingerprint density at radius 3 is 2.60 bits per heavy atom. The number of hydrogen-bond donors (Lipinski definition) is 2. The first kappa shape index (κ1) is 18.1. The van der Waals surface area contributed by atoms with E-state index in [-0.39, 0.29) is 24.6 Å². The smallest absolute Gasteiger partial charge is 0.321 e. The van der Waals surface area contributed by atoms with Gasteiger partial charge in [-0.1, -0.05) is 12.2 Å². The highest BCUT2D eigenvalue weighted by Gasteiger charge is 2.48. The van der Waals surface area contributed by atoms with Crippen LogP contribution in [0, 0.1) is 12.3 Å². The van der Waals surface area contributed by atoms with E-state index in [1.54, 1.807) is 31.2 Å². The van der Waals surface area contributed by atoms with Crippen molar-refractivity contribution in [2.75, 3.05) is 13.0 Å². The van der Waals surface area contributed by atoms with Crippen molar-refractivity contribution in [1.82, 2.24) is 0 Å². The van der Waals surface area contributed by atoms with E-state index in [1.165, 1.54) is 7.11 Å². The van der Waals surface area contributed by atoms with Crippen LogP contribution < -0.4 is 0 Å². The highest BCUT2D eigenvalue weighted by atomic mass is 32.1. The van der Waals surface area contributed by atoms with Crippen LogP contribution in [0.25, 0.3) is 0 Å². The van der Waals surface area contributed by atoms with Gasteiger partial charge in [-0.15, -0.1) is 12.6 Å². The maximum Gasteiger partial charge on any atom is 0.321 e. The lowest BCUT2D eigenvalue weighted by Crippen LogP contribution is -2.39. The van der Waals surface area contributed by atoms with E-state index in [0.717, 1.165) is 0 Å². The molecule has 6 nitrogen and oxygen atoms in total. The number of Topliss-reactive ketones (excluding diaryl/α,β-unsaturated/α-hetero) is 1. The fraction of sp³-hybridized carbons (Fsp3) is 0.444. The zero-order valence-corrected chi connectivity index (χ0v) is 14.9. The molecule has 1 aliphatic carbocycles. The molecule has 0 aromatic heterocycles. The molecule has 1 heterocycles. The largest absolute Gasteiger partial charge is 0.454 e. The normalized spacial score (nSPS) is 23.5. The molecule has 1 aromatic carbocycles. The van der Waals surface area contributed by atoms with Gasteiger partial charge < -0.3 is 19.3 Å². The Labute approximate surface area is 151 Å². The van der Waals surface area contributed by atoms with Crippen LogP contribution in [0.4, 0.5) is 0 Å². The molecule has 2 aliphatic rings. The van der Waals surface area contributed by atoms with Crippen LogP contribution in [0.15, 0.2) is 24.3 Å². The van der Waals surface area contributed by atoms with Crippen molar-refractivity contribution in [2.24, 2.45) is 5.41 Å². The molecule has 0 radical (unpaired) electrons. The standard InChI is InChI=1S/C18H20O6S/c1-10-7-13-12(15(20)24-16(13)22-2)8-11(10)14(19)18(5-3-4-6-18)17(21)23-9-25/h3-4,7-8,15-16,20,25H,5-6,9H2,1-2H3. The third-order valence-electron chi connectivity index (χ3n) is 4.78. The predicted molar refractivity (Wildman–Crippen MR) is 92.1 cm³/mol. The van der Waals surface area contributed by atoms with Gasteiger partial charge in [0.1, 0.15) is 11.4 Å². The van der Waals surface area contributed by atoms with E-state index in [1.807, 2.05) is 0 Å². The number of aryl methyl sites for hydroxylation is 1. The van der Waals surface area contributed by atoms with Crippen molar-refractivity contribution in [3.63, 3.8) is 0 Å². The number of allylic oxidation sites excluding steroid dienone is 2. The first-order chi connectivity index (χ1) is 11.9. The number of carbonyl (C=O) groups is 2. The molecule has 1 N–H and O–H groups in total. The molecule has 7 heteroatoms. The summed E-state index contributed by atoms with van der Waals surface area (Å²) in [6, 6.07) is 3.34. The number of esters is 1. The Hall–Kier alpha value is -1.67. The van der Waals surface area contributed by atoms with Gasteiger partial charge in [0.2, 0.25) is 0 Å². The maximum absolute atomic E-state index is 13.2. The molecular formula is C18H20O6S. The third kappa shape index (κ3) is 2.91. The van der Waals surface area contributed by atoms with Crippen LogP contribution in [-0.4, -0.2) is 29.9 Å². The third-order valence-corrected chi connectivity index (χ3v) is 4.91. The minimum absolute atomic E-state index is 0.0842. The van der Waals surface area contributed by atoms with Crippen LogP contribution >= 0.6 is 12.6 Å². The number of methoxy groups -OCH3 is 1. The Balaban J connectivity index is 2.03. The van der Waals surface area contributed by atoms with E-state index in [9.17, 15) is 14.7 Å². The highest BCUT2D eigenvalue weighted by Crippen LogP contribution is 2.43. The summed E-state index contributed by atoms with van der Waals surface area (Å²) < 4.78 is 15.5. The average molecular weight is 364 g/mol. The molecule has 25 heavy (non-hydrogen) atoms.